The molecule has 0 radical (unpaired) electrons. The van der Waals surface area contributed by atoms with Crippen LogP contribution >= 0.6 is 23.2 Å². The Labute approximate surface area is 216 Å². The van der Waals surface area contributed by atoms with E-state index in [1.54, 1.807) is 0 Å². The molecule has 7 nitrogen and oxygen atoms in total. The zero-order chi connectivity index (χ0) is 26.3. The minimum absolute atomic E-state index is 0.129. The number of alkyl halides is 3. The molecule has 2 aliphatic carbocycles. The third kappa shape index (κ3) is 5.80. The van der Waals surface area contributed by atoms with Gasteiger partial charge in [-0.15, -0.1) is 0 Å². The van der Waals surface area contributed by atoms with E-state index in [2.05, 4.69) is 10.1 Å². The quantitative estimate of drug-likeness (QED) is 0.445. The zero-order valence-electron chi connectivity index (χ0n) is 19.7. The molecule has 0 saturated heterocycles. The molecule has 0 spiro atoms. The van der Waals surface area contributed by atoms with Gasteiger partial charge in [-0.3, -0.25) is 19.3 Å². The van der Waals surface area contributed by atoms with Crippen LogP contribution in [0.3, 0.4) is 0 Å². The zero-order valence-corrected chi connectivity index (χ0v) is 21.2. The average molecular weight is 547 g/mol. The van der Waals surface area contributed by atoms with Crippen LogP contribution in [0.1, 0.15) is 73.1 Å². The SMILES string of the molecule is CC1(CN(CCc2c(Cl)cncc2Cl)C(=O)c2cnn(C3CCC(C(=O)O)CC3)c2C(F)(F)F)CC1. The van der Waals surface area contributed by atoms with Crippen LogP contribution in [0.2, 0.25) is 10.0 Å². The Morgan fingerprint density at radius 1 is 1.14 bits per heavy atom. The summed E-state index contributed by atoms with van der Waals surface area (Å²) in [6.07, 6.45) is 2.09. The molecule has 0 atom stereocenters. The molecular weight excluding hydrogens is 520 g/mol. The Morgan fingerprint density at radius 2 is 1.75 bits per heavy atom. The molecule has 36 heavy (non-hydrogen) atoms. The Kier molecular flexibility index (Phi) is 7.57. The fourth-order valence-electron chi connectivity index (χ4n) is 4.82. The molecule has 1 amide bonds. The van der Waals surface area contributed by atoms with Crippen LogP contribution in [0, 0.1) is 11.3 Å². The van der Waals surface area contributed by atoms with E-state index in [-0.39, 0.29) is 44.1 Å². The van der Waals surface area contributed by atoms with E-state index in [4.69, 9.17) is 23.2 Å². The molecule has 4 rings (SSSR count). The molecule has 12 heteroatoms. The van der Waals surface area contributed by atoms with Crippen molar-refractivity contribution in [1.82, 2.24) is 19.7 Å². The van der Waals surface area contributed by atoms with Crippen LogP contribution < -0.4 is 0 Å². The lowest BCUT2D eigenvalue weighted by Gasteiger charge is -2.29. The van der Waals surface area contributed by atoms with E-state index >= 15 is 0 Å². The summed E-state index contributed by atoms with van der Waals surface area (Å²) in [4.78, 5) is 30.1. The maximum Gasteiger partial charge on any atom is 0.433 e. The number of rotatable bonds is 8. The fraction of sp³-hybridized carbons (Fsp3) is 0.583. The molecule has 2 fully saturated rings. The van der Waals surface area contributed by atoms with Crippen LogP contribution in [-0.4, -0.2) is 49.7 Å². The summed E-state index contributed by atoms with van der Waals surface area (Å²) in [5.41, 5.74) is -1.16. The van der Waals surface area contributed by atoms with E-state index < -0.39 is 41.3 Å². The second-order valence-electron chi connectivity index (χ2n) is 10.1. The Balaban J connectivity index is 1.61. The van der Waals surface area contributed by atoms with E-state index in [1.807, 2.05) is 6.92 Å². The summed E-state index contributed by atoms with van der Waals surface area (Å²) >= 11 is 12.4. The van der Waals surface area contributed by atoms with Gasteiger partial charge in [0.2, 0.25) is 0 Å². The molecular formula is C24H27Cl2F3N4O3. The number of pyridine rings is 1. The number of carbonyl (C=O) groups excluding carboxylic acids is 1. The molecule has 2 aliphatic rings. The highest BCUT2D eigenvalue weighted by molar-refractivity contribution is 6.35. The van der Waals surface area contributed by atoms with Gasteiger partial charge in [0, 0.05) is 25.5 Å². The molecule has 0 bridgehead atoms. The smallest absolute Gasteiger partial charge is 0.433 e. The summed E-state index contributed by atoms with van der Waals surface area (Å²) in [7, 11) is 0. The minimum atomic E-state index is -4.81. The predicted molar refractivity (Wildman–Crippen MR) is 127 cm³/mol. The third-order valence-corrected chi connectivity index (χ3v) is 7.89. The number of hydrogen-bond acceptors (Lipinski definition) is 4. The fourth-order valence-corrected chi connectivity index (χ4v) is 5.38. The van der Waals surface area contributed by atoms with Crippen molar-refractivity contribution in [2.45, 2.75) is 64.1 Å². The average Bonchev–Trinajstić information content (AvgIpc) is 3.36. The topological polar surface area (TPSA) is 88.3 Å². The summed E-state index contributed by atoms with van der Waals surface area (Å²) in [6.45, 7) is 2.43. The normalized spacial score (nSPS) is 21.3. The van der Waals surface area contributed by atoms with E-state index in [0.717, 1.165) is 23.7 Å². The third-order valence-electron chi connectivity index (χ3n) is 7.23. The summed E-state index contributed by atoms with van der Waals surface area (Å²) in [6, 6.07) is -0.623. The van der Waals surface area contributed by atoms with Gasteiger partial charge in [0.15, 0.2) is 5.69 Å². The summed E-state index contributed by atoms with van der Waals surface area (Å²) < 4.78 is 43.7. The van der Waals surface area contributed by atoms with Crippen molar-refractivity contribution in [3.05, 3.63) is 45.5 Å². The Morgan fingerprint density at radius 3 is 2.28 bits per heavy atom. The van der Waals surface area contributed by atoms with E-state index in [0.29, 0.717) is 22.2 Å². The first-order valence-electron chi connectivity index (χ1n) is 11.8. The first-order chi connectivity index (χ1) is 16.9. The van der Waals surface area contributed by atoms with Crippen molar-refractivity contribution in [3.63, 3.8) is 0 Å². The molecule has 2 aromatic rings. The van der Waals surface area contributed by atoms with Crippen LogP contribution in [0.4, 0.5) is 13.2 Å². The second-order valence-corrected chi connectivity index (χ2v) is 10.9. The Hall–Kier alpha value is -2.33. The summed E-state index contributed by atoms with van der Waals surface area (Å²) in [5.74, 6) is -2.27. The molecule has 0 aromatic carbocycles. The Bertz CT molecular complexity index is 1120. The first-order valence-corrected chi connectivity index (χ1v) is 12.6. The van der Waals surface area contributed by atoms with Crippen LogP contribution in [0.25, 0.3) is 0 Å². The van der Waals surface area contributed by atoms with Crippen LogP contribution in [0.15, 0.2) is 18.6 Å². The molecule has 0 unspecified atom stereocenters. The largest absolute Gasteiger partial charge is 0.481 e. The van der Waals surface area contributed by atoms with Gasteiger partial charge in [-0.2, -0.15) is 18.3 Å². The highest BCUT2D eigenvalue weighted by Gasteiger charge is 2.45. The number of carboxylic acid groups (broad SMARTS) is 1. The number of amides is 1. The highest BCUT2D eigenvalue weighted by Crippen LogP contribution is 2.46. The first kappa shape index (κ1) is 26.7. The summed E-state index contributed by atoms with van der Waals surface area (Å²) in [5, 5.41) is 13.9. The molecule has 2 saturated carbocycles. The number of hydrogen-bond donors (Lipinski definition) is 1. The molecule has 0 aliphatic heterocycles. The highest BCUT2D eigenvalue weighted by atomic mass is 35.5. The standard InChI is InChI=1S/C24H27Cl2F3N4O3/c1-23(7-8-23)13-32(9-6-16-18(25)11-30-12-19(16)26)21(34)17-10-31-33(20(17)24(27,28)29)15-4-2-14(3-5-15)22(35)36/h10-12,14-15H,2-9,13H2,1H3,(H,35,36). The monoisotopic (exact) mass is 546 g/mol. The van der Waals surface area contributed by atoms with Gasteiger partial charge in [0.1, 0.15) is 0 Å². The van der Waals surface area contributed by atoms with Crippen molar-refractivity contribution in [2.24, 2.45) is 11.3 Å². The van der Waals surface area contributed by atoms with Gasteiger partial charge in [-0.05, 0) is 55.9 Å². The maximum atomic E-state index is 14.3. The van der Waals surface area contributed by atoms with E-state index in [9.17, 15) is 27.9 Å². The number of aromatic nitrogens is 3. The van der Waals surface area contributed by atoms with Gasteiger partial charge in [0.05, 0.1) is 33.8 Å². The van der Waals surface area contributed by atoms with Crippen LogP contribution in [-0.2, 0) is 17.4 Å². The molecule has 196 valence electrons. The van der Waals surface area contributed by atoms with Crippen molar-refractivity contribution < 1.29 is 27.9 Å². The molecule has 2 heterocycles. The van der Waals surface area contributed by atoms with Gasteiger partial charge < -0.3 is 10.0 Å². The van der Waals surface area contributed by atoms with Crippen molar-refractivity contribution in [3.8, 4) is 0 Å². The second kappa shape index (κ2) is 10.2. The number of aliphatic carboxylic acids is 1. The maximum absolute atomic E-state index is 14.3. The van der Waals surface area contributed by atoms with Crippen molar-refractivity contribution >= 4 is 35.1 Å². The predicted octanol–water partition coefficient (Wildman–Crippen LogP) is 5.90. The lowest BCUT2D eigenvalue weighted by atomic mass is 9.86. The van der Waals surface area contributed by atoms with Crippen LogP contribution in [0.5, 0.6) is 0 Å². The van der Waals surface area contributed by atoms with Gasteiger partial charge in [-0.25, -0.2) is 0 Å². The minimum Gasteiger partial charge on any atom is -0.481 e. The van der Waals surface area contributed by atoms with Gasteiger partial charge >= 0.3 is 12.1 Å². The lowest BCUT2D eigenvalue weighted by Crippen LogP contribution is -2.38. The number of carbonyl (C=O) groups is 2. The number of nitrogens with zero attached hydrogens (tertiary/aromatic N) is 4. The van der Waals surface area contributed by atoms with Crippen molar-refractivity contribution in [1.29, 1.82) is 0 Å². The van der Waals surface area contributed by atoms with Gasteiger partial charge in [0.25, 0.3) is 5.91 Å². The molecule has 1 N–H and O–H groups in total. The van der Waals surface area contributed by atoms with Gasteiger partial charge in [-0.1, -0.05) is 30.1 Å². The number of halogens is 5. The lowest BCUT2D eigenvalue weighted by molar-refractivity contribution is -0.147. The van der Waals surface area contributed by atoms with E-state index in [1.165, 1.54) is 17.3 Å². The van der Waals surface area contributed by atoms with Crippen molar-refractivity contribution in [2.75, 3.05) is 13.1 Å². The molecule has 2 aromatic heterocycles. The number of carboxylic acids is 1.